The van der Waals surface area contributed by atoms with Gasteiger partial charge in [-0.2, -0.15) is 0 Å². The Kier molecular flexibility index (Phi) is 3.58. The molecule has 5 nitrogen and oxygen atoms in total. The van der Waals surface area contributed by atoms with Crippen LogP contribution in [0.2, 0.25) is 5.02 Å². The van der Waals surface area contributed by atoms with Crippen molar-refractivity contribution in [1.82, 2.24) is 15.0 Å². The lowest BCUT2D eigenvalue weighted by Gasteiger charge is -2.13. The monoisotopic (exact) mass is 299 g/mol. The van der Waals surface area contributed by atoms with Crippen LogP contribution in [0.4, 0.5) is 17.3 Å². The van der Waals surface area contributed by atoms with Crippen LogP contribution in [0.1, 0.15) is 12.5 Å². The first-order chi connectivity index (χ1) is 10.2. The molecule has 0 spiro atoms. The van der Waals surface area contributed by atoms with Crippen molar-refractivity contribution in [2.45, 2.75) is 13.3 Å². The molecule has 0 atom stereocenters. The zero-order chi connectivity index (χ0) is 14.8. The number of rotatable bonds is 3. The van der Waals surface area contributed by atoms with Gasteiger partial charge < -0.3 is 11.1 Å². The number of hydrogen-bond donors (Lipinski definition) is 2. The van der Waals surface area contributed by atoms with Crippen LogP contribution in [0.25, 0.3) is 10.9 Å². The minimum Gasteiger partial charge on any atom is -0.383 e. The molecule has 106 valence electrons. The highest BCUT2D eigenvalue weighted by molar-refractivity contribution is 6.35. The summed E-state index contributed by atoms with van der Waals surface area (Å²) < 4.78 is 0. The van der Waals surface area contributed by atoms with E-state index >= 15 is 0 Å². The largest absolute Gasteiger partial charge is 0.383 e. The first-order valence-electron chi connectivity index (χ1n) is 6.60. The van der Waals surface area contributed by atoms with E-state index in [1.54, 1.807) is 6.20 Å². The molecule has 0 unspecified atom stereocenters. The summed E-state index contributed by atoms with van der Waals surface area (Å²) in [6, 6.07) is 7.52. The summed E-state index contributed by atoms with van der Waals surface area (Å²) in [7, 11) is 0. The van der Waals surface area contributed by atoms with Crippen molar-refractivity contribution in [3.8, 4) is 0 Å². The Morgan fingerprint density at radius 1 is 1.19 bits per heavy atom. The fourth-order valence-corrected chi connectivity index (χ4v) is 2.46. The Hall–Kier alpha value is -2.40. The fraction of sp³-hybridized carbons (Fsp3) is 0.133. The van der Waals surface area contributed by atoms with Crippen molar-refractivity contribution < 1.29 is 0 Å². The molecule has 0 aliphatic rings. The maximum Gasteiger partial charge on any atom is 0.139 e. The SMILES string of the molecule is CCc1c(N)ncnc1Nc1ccc(Cl)c2cccnc12. The second-order valence-corrected chi connectivity index (χ2v) is 4.97. The summed E-state index contributed by atoms with van der Waals surface area (Å²) in [5.41, 5.74) is 8.41. The second kappa shape index (κ2) is 5.54. The molecule has 0 fully saturated rings. The number of nitrogens with zero attached hydrogens (tertiary/aromatic N) is 3. The third-order valence-corrected chi connectivity index (χ3v) is 3.63. The van der Waals surface area contributed by atoms with Gasteiger partial charge in [0.25, 0.3) is 0 Å². The lowest BCUT2D eigenvalue weighted by Crippen LogP contribution is -2.05. The zero-order valence-electron chi connectivity index (χ0n) is 11.5. The molecule has 0 radical (unpaired) electrons. The normalized spacial score (nSPS) is 10.8. The predicted octanol–water partition coefficient (Wildman–Crippen LogP) is 3.57. The minimum atomic E-state index is 0.487. The van der Waals surface area contributed by atoms with E-state index in [1.165, 1.54) is 6.33 Å². The van der Waals surface area contributed by atoms with Crippen LogP contribution in [-0.4, -0.2) is 15.0 Å². The van der Waals surface area contributed by atoms with Gasteiger partial charge in [-0.25, -0.2) is 9.97 Å². The Labute approximate surface area is 127 Å². The van der Waals surface area contributed by atoms with Crippen molar-refractivity contribution in [1.29, 1.82) is 0 Å². The van der Waals surface area contributed by atoms with E-state index in [0.717, 1.165) is 28.6 Å². The van der Waals surface area contributed by atoms with Crippen LogP contribution < -0.4 is 11.1 Å². The van der Waals surface area contributed by atoms with Gasteiger partial charge in [-0.3, -0.25) is 4.98 Å². The molecule has 0 amide bonds. The van der Waals surface area contributed by atoms with Crippen molar-refractivity contribution in [3.63, 3.8) is 0 Å². The predicted molar refractivity (Wildman–Crippen MR) is 85.9 cm³/mol. The molecule has 2 heterocycles. The lowest BCUT2D eigenvalue weighted by atomic mass is 10.1. The molecule has 1 aromatic carbocycles. The van der Waals surface area contributed by atoms with E-state index in [9.17, 15) is 0 Å². The number of aromatic nitrogens is 3. The standard InChI is InChI=1S/C15H14ClN5/c1-2-9-14(17)19-8-20-15(9)21-12-6-5-11(16)10-4-3-7-18-13(10)12/h3-8H,2H2,1H3,(H3,17,19,20,21). The number of fused-ring (bicyclic) bond motifs is 1. The summed E-state index contributed by atoms with van der Waals surface area (Å²) in [6.07, 6.45) is 3.93. The molecule has 0 aliphatic carbocycles. The first-order valence-corrected chi connectivity index (χ1v) is 6.98. The molecule has 0 aliphatic heterocycles. The molecule has 21 heavy (non-hydrogen) atoms. The summed E-state index contributed by atoms with van der Waals surface area (Å²) in [5, 5.41) is 4.84. The maximum atomic E-state index is 6.20. The van der Waals surface area contributed by atoms with E-state index in [-0.39, 0.29) is 0 Å². The molecule has 3 aromatic rings. The Bertz CT molecular complexity index is 803. The fourth-order valence-electron chi connectivity index (χ4n) is 2.25. The highest BCUT2D eigenvalue weighted by Gasteiger charge is 2.10. The smallest absolute Gasteiger partial charge is 0.139 e. The lowest BCUT2D eigenvalue weighted by molar-refractivity contribution is 1.06. The van der Waals surface area contributed by atoms with Gasteiger partial charge >= 0.3 is 0 Å². The van der Waals surface area contributed by atoms with Crippen molar-refractivity contribution in [2.75, 3.05) is 11.1 Å². The number of anilines is 3. The molecular formula is C15H14ClN5. The van der Waals surface area contributed by atoms with Gasteiger partial charge in [0, 0.05) is 17.1 Å². The van der Waals surface area contributed by atoms with Crippen molar-refractivity contribution in [3.05, 3.63) is 47.4 Å². The Morgan fingerprint density at radius 2 is 2.05 bits per heavy atom. The van der Waals surface area contributed by atoms with Crippen molar-refractivity contribution >= 4 is 39.8 Å². The Balaban J connectivity index is 2.11. The number of hydrogen-bond acceptors (Lipinski definition) is 5. The summed E-state index contributed by atoms with van der Waals surface area (Å²) >= 11 is 6.20. The number of nitrogens with two attached hydrogens (primary N) is 1. The third-order valence-electron chi connectivity index (χ3n) is 3.30. The molecule has 0 saturated carbocycles. The van der Waals surface area contributed by atoms with Crippen LogP contribution in [-0.2, 0) is 6.42 Å². The highest BCUT2D eigenvalue weighted by atomic mass is 35.5. The van der Waals surface area contributed by atoms with Crippen LogP contribution >= 0.6 is 11.6 Å². The molecular weight excluding hydrogens is 286 g/mol. The topological polar surface area (TPSA) is 76.7 Å². The molecule has 0 bridgehead atoms. The minimum absolute atomic E-state index is 0.487. The average Bonchev–Trinajstić information content (AvgIpc) is 2.51. The second-order valence-electron chi connectivity index (χ2n) is 4.56. The van der Waals surface area contributed by atoms with Gasteiger partial charge in [-0.15, -0.1) is 0 Å². The van der Waals surface area contributed by atoms with Crippen LogP contribution in [0.15, 0.2) is 36.8 Å². The van der Waals surface area contributed by atoms with Crippen molar-refractivity contribution in [2.24, 2.45) is 0 Å². The molecule has 2 aromatic heterocycles. The van der Waals surface area contributed by atoms with E-state index in [1.807, 2.05) is 31.2 Å². The van der Waals surface area contributed by atoms with Crippen LogP contribution in [0.3, 0.4) is 0 Å². The number of halogens is 1. The molecule has 6 heteroatoms. The maximum absolute atomic E-state index is 6.20. The van der Waals surface area contributed by atoms with Gasteiger partial charge in [0.1, 0.15) is 18.0 Å². The van der Waals surface area contributed by atoms with Gasteiger partial charge in [-0.1, -0.05) is 18.5 Å². The van der Waals surface area contributed by atoms with E-state index in [0.29, 0.717) is 16.7 Å². The van der Waals surface area contributed by atoms with Crippen LogP contribution in [0, 0.1) is 0 Å². The van der Waals surface area contributed by atoms with E-state index in [4.69, 9.17) is 17.3 Å². The number of nitrogens with one attached hydrogen (secondary N) is 1. The van der Waals surface area contributed by atoms with Gasteiger partial charge in [-0.05, 0) is 30.7 Å². The quantitative estimate of drug-likeness (QED) is 0.773. The Morgan fingerprint density at radius 3 is 2.86 bits per heavy atom. The summed E-state index contributed by atoms with van der Waals surface area (Å²) in [6.45, 7) is 2.01. The molecule has 3 N–H and O–H groups in total. The number of benzene rings is 1. The van der Waals surface area contributed by atoms with E-state index < -0.39 is 0 Å². The van der Waals surface area contributed by atoms with Crippen LogP contribution in [0.5, 0.6) is 0 Å². The van der Waals surface area contributed by atoms with Gasteiger partial charge in [0.2, 0.25) is 0 Å². The zero-order valence-corrected chi connectivity index (χ0v) is 12.2. The molecule has 0 saturated heterocycles. The number of pyridine rings is 1. The third kappa shape index (κ3) is 2.48. The molecule has 3 rings (SSSR count). The first kappa shape index (κ1) is 13.6. The highest BCUT2D eigenvalue weighted by Crippen LogP contribution is 2.31. The summed E-state index contributed by atoms with van der Waals surface area (Å²) in [4.78, 5) is 12.7. The number of nitrogen functional groups attached to an aromatic ring is 1. The summed E-state index contributed by atoms with van der Waals surface area (Å²) in [5.74, 6) is 1.18. The van der Waals surface area contributed by atoms with E-state index in [2.05, 4.69) is 20.3 Å². The van der Waals surface area contributed by atoms with Gasteiger partial charge in [0.05, 0.1) is 16.2 Å². The van der Waals surface area contributed by atoms with Gasteiger partial charge in [0.15, 0.2) is 0 Å². The average molecular weight is 300 g/mol.